The Balaban J connectivity index is 1.64. The van der Waals surface area contributed by atoms with Crippen molar-refractivity contribution in [2.24, 2.45) is 0 Å². The first-order valence-corrected chi connectivity index (χ1v) is 10.3. The lowest BCUT2D eigenvalue weighted by Crippen LogP contribution is -2.55. The van der Waals surface area contributed by atoms with E-state index in [-0.39, 0.29) is 19.8 Å². The van der Waals surface area contributed by atoms with Gasteiger partial charge in [0, 0.05) is 12.2 Å². The third kappa shape index (κ3) is 5.93. The van der Waals surface area contributed by atoms with Crippen LogP contribution >= 0.6 is 0 Å². The molecular formula is C24H27NO7. The van der Waals surface area contributed by atoms with E-state index in [1.807, 2.05) is 30.3 Å². The standard InChI is InChI=1S/C24H27NO7/c1-24(2,3)32-23(29)19(26)20-21(27)25(13-14-30-20)18-11-9-17(10-12-18)22(28)31-15-16-7-5-4-6-8-16/h4-12,19-20,26H,13-15H2,1-3H3/t19-,20-/m1/s1. The first-order valence-electron chi connectivity index (χ1n) is 10.3. The summed E-state index contributed by atoms with van der Waals surface area (Å²) >= 11 is 0. The molecule has 3 rings (SSSR count). The van der Waals surface area contributed by atoms with E-state index in [1.165, 1.54) is 4.90 Å². The Hall–Kier alpha value is -3.23. The Morgan fingerprint density at radius 3 is 2.41 bits per heavy atom. The highest BCUT2D eigenvalue weighted by Gasteiger charge is 2.41. The van der Waals surface area contributed by atoms with E-state index in [2.05, 4.69) is 0 Å². The quantitative estimate of drug-likeness (QED) is 0.687. The number of aliphatic hydroxyl groups is 1. The predicted octanol–water partition coefficient (Wildman–Crippen LogP) is 2.48. The average Bonchev–Trinajstić information content (AvgIpc) is 2.77. The van der Waals surface area contributed by atoms with Crippen LogP contribution in [0.25, 0.3) is 0 Å². The van der Waals surface area contributed by atoms with Crippen molar-refractivity contribution in [2.75, 3.05) is 18.1 Å². The van der Waals surface area contributed by atoms with Gasteiger partial charge in [-0.25, -0.2) is 9.59 Å². The number of nitrogens with zero attached hydrogens (tertiary/aromatic N) is 1. The van der Waals surface area contributed by atoms with Gasteiger partial charge in [0.05, 0.1) is 12.2 Å². The van der Waals surface area contributed by atoms with Crippen molar-refractivity contribution >= 4 is 23.5 Å². The molecule has 8 heteroatoms. The second-order valence-electron chi connectivity index (χ2n) is 8.37. The van der Waals surface area contributed by atoms with Crippen LogP contribution in [-0.4, -0.2) is 53.9 Å². The van der Waals surface area contributed by atoms with Gasteiger partial charge in [0.1, 0.15) is 12.2 Å². The molecule has 1 saturated heterocycles. The van der Waals surface area contributed by atoms with Gasteiger partial charge in [-0.3, -0.25) is 4.79 Å². The van der Waals surface area contributed by atoms with Crippen molar-refractivity contribution in [1.82, 2.24) is 0 Å². The Morgan fingerprint density at radius 1 is 1.12 bits per heavy atom. The molecule has 1 amide bonds. The second-order valence-corrected chi connectivity index (χ2v) is 8.37. The number of ether oxygens (including phenoxy) is 3. The van der Waals surface area contributed by atoms with Crippen molar-refractivity contribution in [1.29, 1.82) is 0 Å². The number of benzene rings is 2. The average molecular weight is 441 g/mol. The Morgan fingerprint density at radius 2 is 1.78 bits per heavy atom. The van der Waals surface area contributed by atoms with E-state index in [4.69, 9.17) is 14.2 Å². The summed E-state index contributed by atoms with van der Waals surface area (Å²) in [6.07, 6.45) is -3.11. The minimum Gasteiger partial charge on any atom is -0.458 e. The van der Waals surface area contributed by atoms with Crippen molar-refractivity contribution < 1.29 is 33.7 Å². The molecule has 170 valence electrons. The zero-order chi connectivity index (χ0) is 23.3. The fraction of sp³-hybridized carbons (Fsp3) is 0.375. The van der Waals surface area contributed by atoms with Crippen molar-refractivity contribution in [3.8, 4) is 0 Å². The number of hydrogen-bond acceptors (Lipinski definition) is 7. The van der Waals surface area contributed by atoms with Crippen LogP contribution in [0.1, 0.15) is 36.7 Å². The molecule has 8 nitrogen and oxygen atoms in total. The number of esters is 2. The zero-order valence-corrected chi connectivity index (χ0v) is 18.3. The van der Waals surface area contributed by atoms with Crippen LogP contribution in [0, 0.1) is 0 Å². The fourth-order valence-corrected chi connectivity index (χ4v) is 3.16. The minimum atomic E-state index is -1.74. The Kier molecular flexibility index (Phi) is 7.27. The first kappa shape index (κ1) is 23.4. The summed E-state index contributed by atoms with van der Waals surface area (Å²) < 4.78 is 15.8. The van der Waals surface area contributed by atoms with Gasteiger partial charge < -0.3 is 24.2 Å². The molecule has 0 bridgehead atoms. The number of morpholine rings is 1. The van der Waals surface area contributed by atoms with Gasteiger partial charge in [-0.15, -0.1) is 0 Å². The molecule has 1 N–H and O–H groups in total. The molecule has 0 unspecified atom stereocenters. The molecule has 0 radical (unpaired) electrons. The zero-order valence-electron chi connectivity index (χ0n) is 18.3. The molecule has 2 aromatic carbocycles. The van der Waals surface area contributed by atoms with E-state index in [9.17, 15) is 19.5 Å². The summed E-state index contributed by atoms with van der Waals surface area (Å²) in [6.45, 7) is 5.54. The molecule has 32 heavy (non-hydrogen) atoms. The maximum atomic E-state index is 12.9. The van der Waals surface area contributed by atoms with Crippen molar-refractivity contribution in [3.05, 3.63) is 65.7 Å². The molecule has 0 aromatic heterocycles. The summed E-state index contributed by atoms with van der Waals surface area (Å²) in [5.41, 5.74) is 0.932. The van der Waals surface area contributed by atoms with Crippen molar-refractivity contribution in [2.45, 2.75) is 45.2 Å². The number of aliphatic hydroxyl groups excluding tert-OH is 1. The molecular weight excluding hydrogens is 414 g/mol. The number of hydrogen-bond donors (Lipinski definition) is 1. The van der Waals surface area contributed by atoms with Crippen LogP contribution in [0.2, 0.25) is 0 Å². The van der Waals surface area contributed by atoms with Crippen LogP contribution in [0.15, 0.2) is 54.6 Å². The van der Waals surface area contributed by atoms with Crippen LogP contribution < -0.4 is 4.90 Å². The van der Waals surface area contributed by atoms with Gasteiger partial charge in [0.25, 0.3) is 5.91 Å². The summed E-state index contributed by atoms with van der Waals surface area (Å²) in [4.78, 5) is 38.7. The lowest BCUT2D eigenvalue weighted by molar-refractivity contribution is -0.177. The third-order valence-electron chi connectivity index (χ3n) is 4.68. The topological polar surface area (TPSA) is 102 Å². The highest BCUT2D eigenvalue weighted by atomic mass is 16.6. The molecule has 0 saturated carbocycles. The number of carbonyl (C=O) groups excluding carboxylic acids is 3. The molecule has 2 aromatic rings. The summed E-state index contributed by atoms with van der Waals surface area (Å²) in [6, 6.07) is 15.7. The molecule has 0 aliphatic carbocycles. The lowest BCUT2D eigenvalue weighted by Gasteiger charge is -2.34. The highest BCUT2D eigenvalue weighted by molar-refractivity contribution is 6.00. The number of anilines is 1. The van der Waals surface area contributed by atoms with Gasteiger partial charge in [-0.1, -0.05) is 30.3 Å². The van der Waals surface area contributed by atoms with E-state index < -0.39 is 35.7 Å². The Bertz CT molecular complexity index is 951. The minimum absolute atomic E-state index is 0.136. The second kappa shape index (κ2) is 9.93. The molecule has 1 aliphatic heterocycles. The molecule has 1 aliphatic rings. The summed E-state index contributed by atoms with van der Waals surface area (Å²) in [5, 5.41) is 10.3. The highest BCUT2D eigenvalue weighted by Crippen LogP contribution is 2.22. The monoisotopic (exact) mass is 441 g/mol. The Labute approximate surface area is 186 Å². The fourth-order valence-electron chi connectivity index (χ4n) is 3.16. The van der Waals surface area contributed by atoms with Gasteiger partial charge in [0.15, 0.2) is 12.2 Å². The van der Waals surface area contributed by atoms with Crippen molar-refractivity contribution in [3.63, 3.8) is 0 Å². The van der Waals surface area contributed by atoms with E-state index in [1.54, 1.807) is 45.0 Å². The third-order valence-corrected chi connectivity index (χ3v) is 4.68. The molecule has 0 spiro atoms. The van der Waals surface area contributed by atoms with Gasteiger partial charge in [-0.2, -0.15) is 0 Å². The summed E-state index contributed by atoms with van der Waals surface area (Å²) in [5.74, 6) is -1.96. The van der Waals surface area contributed by atoms with E-state index in [0.29, 0.717) is 11.3 Å². The SMILES string of the molecule is CC(C)(C)OC(=O)[C@H](O)[C@H]1OCCN(c2ccc(C(=O)OCc3ccccc3)cc2)C1=O. The first-order chi connectivity index (χ1) is 15.2. The molecule has 1 heterocycles. The maximum Gasteiger partial charge on any atom is 0.338 e. The van der Waals surface area contributed by atoms with E-state index >= 15 is 0 Å². The smallest absolute Gasteiger partial charge is 0.338 e. The van der Waals surface area contributed by atoms with Crippen LogP contribution in [0.5, 0.6) is 0 Å². The van der Waals surface area contributed by atoms with Crippen LogP contribution in [0.3, 0.4) is 0 Å². The normalized spacial score (nSPS) is 17.6. The molecule has 1 fully saturated rings. The molecule has 2 atom stereocenters. The largest absolute Gasteiger partial charge is 0.458 e. The predicted molar refractivity (Wildman–Crippen MR) is 116 cm³/mol. The maximum absolute atomic E-state index is 12.9. The van der Waals surface area contributed by atoms with Gasteiger partial charge >= 0.3 is 11.9 Å². The number of carbonyl (C=O) groups is 3. The number of amides is 1. The van der Waals surface area contributed by atoms with Crippen LogP contribution in [0.4, 0.5) is 5.69 Å². The van der Waals surface area contributed by atoms with E-state index in [0.717, 1.165) is 5.56 Å². The summed E-state index contributed by atoms with van der Waals surface area (Å²) in [7, 11) is 0. The van der Waals surface area contributed by atoms with Crippen LogP contribution in [-0.2, 0) is 30.4 Å². The lowest BCUT2D eigenvalue weighted by atomic mass is 10.1. The number of rotatable bonds is 6. The van der Waals surface area contributed by atoms with Gasteiger partial charge in [-0.05, 0) is 50.6 Å². The van der Waals surface area contributed by atoms with Gasteiger partial charge in [0.2, 0.25) is 0 Å².